The lowest BCUT2D eigenvalue weighted by molar-refractivity contribution is -0.133. The standard InChI is InChI=1S/C8H14N2O.C4H10N2/c11-8(7-1-2-7)10-5-3-9-4-6-10;1-2-6-4-3-5-1/h7,9H,1-6H2;5-6H,1-4H2. The van der Waals surface area contributed by atoms with Crippen LogP contribution in [0.3, 0.4) is 0 Å². The Morgan fingerprint density at radius 1 is 0.824 bits per heavy atom. The van der Waals surface area contributed by atoms with Gasteiger partial charge >= 0.3 is 0 Å². The van der Waals surface area contributed by atoms with Gasteiger partial charge < -0.3 is 20.9 Å². The number of hydrogen-bond acceptors (Lipinski definition) is 4. The van der Waals surface area contributed by atoms with E-state index in [0.29, 0.717) is 11.8 Å². The van der Waals surface area contributed by atoms with Gasteiger partial charge in [-0.1, -0.05) is 0 Å². The highest BCUT2D eigenvalue weighted by Gasteiger charge is 2.33. The Balaban J connectivity index is 0.000000153. The highest BCUT2D eigenvalue weighted by Crippen LogP contribution is 2.30. The molecule has 17 heavy (non-hydrogen) atoms. The first-order chi connectivity index (χ1) is 8.38. The molecule has 0 aromatic rings. The minimum absolute atomic E-state index is 0.395. The summed E-state index contributed by atoms with van der Waals surface area (Å²) in [5.74, 6) is 0.791. The summed E-state index contributed by atoms with van der Waals surface area (Å²) < 4.78 is 0. The minimum Gasteiger partial charge on any atom is -0.340 e. The molecular weight excluding hydrogens is 216 g/mol. The van der Waals surface area contributed by atoms with E-state index in [-0.39, 0.29) is 0 Å². The maximum absolute atomic E-state index is 11.5. The molecule has 0 bridgehead atoms. The summed E-state index contributed by atoms with van der Waals surface area (Å²) in [6.07, 6.45) is 2.26. The van der Waals surface area contributed by atoms with Crippen LogP contribution in [-0.4, -0.2) is 63.2 Å². The van der Waals surface area contributed by atoms with Crippen molar-refractivity contribution in [3.05, 3.63) is 0 Å². The third-order valence-electron chi connectivity index (χ3n) is 3.31. The Morgan fingerprint density at radius 3 is 1.71 bits per heavy atom. The molecule has 0 aromatic heterocycles. The largest absolute Gasteiger partial charge is 0.340 e. The van der Waals surface area contributed by atoms with Crippen molar-refractivity contribution in [1.29, 1.82) is 0 Å². The number of rotatable bonds is 1. The Kier molecular flexibility index (Phi) is 5.22. The van der Waals surface area contributed by atoms with Crippen molar-refractivity contribution in [3.8, 4) is 0 Å². The number of carbonyl (C=O) groups excluding carboxylic acids is 1. The van der Waals surface area contributed by atoms with Crippen LogP contribution in [0.1, 0.15) is 12.8 Å². The first-order valence-corrected chi connectivity index (χ1v) is 6.79. The Hall–Kier alpha value is -0.650. The number of piperazine rings is 2. The van der Waals surface area contributed by atoms with E-state index in [1.54, 1.807) is 0 Å². The maximum Gasteiger partial charge on any atom is 0.225 e. The van der Waals surface area contributed by atoms with Crippen LogP contribution in [0.25, 0.3) is 0 Å². The molecule has 0 atom stereocenters. The van der Waals surface area contributed by atoms with Crippen molar-refractivity contribution < 1.29 is 4.79 Å². The maximum atomic E-state index is 11.5. The molecular formula is C12H24N4O. The lowest BCUT2D eigenvalue weighted by Crippen LogP contribution is -2.46. The molecule has 1 saturated carbocycles. The minimum atomic E-state index is 0.395. The van der Waals surface area contributed by atoms with Gasteiger partial charge in [0.2, 0.25) is 5.91 Å². The normalized spacial score (nSPS) is 24.8. The van der Waals surface area contributed by atoms with E-state index in [2.05, 4.69) is 16.0 Å². The van der Waals surface area contributed by atoms with Gasteiger partial charge in [-0.2, -0.15) is 0 Å². The summed E-state index contributed by atoms with van der Waals surface area (Å²) >= 11 is 0. The van der Waals surface area contributed by atoms with Crippen molar-refractivity contribution in [2.24, 2.45) is 5.92 Å². The summed E-state index contributed by atoms with van der Waals surface area (Å²) in [5.41, 5.74) is 0. The SMILES string of the molecule is C1CNCCN1.O=C(C1CC1)N1CCNCC1. The van der Waals surface area contributed by atoms with Crippen LogP contribution >= 0.6 is 0 Å². The van der Waals surface area contributed by atoms with E-state index in [1.165, 1.54) is 0 Å². The number of nitrogens with one attached hydrogen (secondary N) is 3. The van der Waals surface area contributed by atoms with Gasteiger partial charge in [-0.3, -0.25) is 4.79 Å². The van der Waals surface area contributed by atoms with Crippen LogP contribution in [-0.2, 0) is 4.79 Å². The summed E-state index contributed by atoms with van der Waals surface area (Å²) in [6, 6.07) is 0. The molecule has 0 aromatic carbocycles. The first-order valence-electron chi connectivity index (χ1n) is 6.79. The van der Waals surface area contributed by atoms with Crippen molar-refractivity contribution in [2.75, 3.05) is 52.4 Å². The van der Waals surface area contributed by atoms with E-state index >= 15 is 0 Å². The fourth-order valence-corrected chi connectivity index (χ4v) is 2.08. The van der Waals surface area contributed by atoms with Crippen LogP contribution in [0.15, 0.2) is 0 Å². The van der Waals surface area contributed by atoms with Gasteiger partial charge in [0.1, 0.15) is 0 Å². The predicted octanol–water partition coefficient (Wildman–Crippen LogP) is -0.993. The molecule has 3 N–H and O–H groups in total. The average molecular weight is 240 g/mol. The molecule has 2 saturated heterocycles. The van der Waals surface area contributed by atoms with Crippen LogP contribution in [0.2, 0.25) is 0 Å². The molecule has 0 spiro atoms. The number of nitrogens with zero attached hydrogens (tertiary/aromatic N) is 1. The second-order valence-electron chi connectivity index (χ2n) is 4.85. The van der Waals surface area contributed by atoms with E-state index < -0.39 is 0 Å². The number of amides is 1. The molecule has 5 nitrogen and oxygen atoms in total. The predicted molar refractivity (Wildman–Crippen MR) is 67.9 cm³/mol. The van der Waals surface area contributed by atoms with Crippen molar-refractivity contribution in [2.45, 2.75) is 12.8 Å². The summed E-state index contributed by atoms with van der Waals surface area (Å²) in [6.45, 7) is 8.32. The van der Waals surface area contributed by atoms with Crippen molar-refractivity contribution in [3.63, 3.8) is 0 Å². The average Bonchev–Trinajstić information content (AvgIpc) is 3.26. The molecule has 2 aliphatic heterocycles. The highest BCUT2D eigenvalue weighted by molar-refractivity contribution is 5.81. The molecule has 3 rings (SSSR count). The van der Waals surface area contributed by atoms with Crippen LogP contribution in [0.5, 0.6) is 0 Å². The fraction of sp³-hybridized carbons (Fsp3) is 0.917. The molecule has 0 radical (unpaired) electrons. The van der Waals surface area contributed by atoms with Crippen LogP contribution < -0.4 is 16.0 Å². The van der Waals surface area contributed by atoms with Crippen LogP contribution in [0, 0.1) is 5.92 Å². The van der Waals surface area contributed by atoms with Gasteiger partial charge in [0.05, 0.1) is 0 Å². The van der Waals surface area contributed by atoms with Gasteiger partial charge in [-0.05, 0) is 12.8 Å². The summed E-state index contributed by atoms with van der Waals surface area (Å²) in [4.78, 5) is 13.5. The smallest absolute Gasteiger partial charge is 0.225 e. The molecule has 0 unspecified atom stereocenters. The zero-order valence-corrected chi connectivity index (χ0v) is 10.5. The third-order valence-corrected chi connectivity index (χ3v) is 3.31. The van der Waals surface area contributed by atoms with Gasteiger partial charge in [-0.15, -0.1) is 0 Å². The molecule has 3 aliphatic rings. The summed E-state index contributed by atoms with van der Waals surface area (Å²) in [5, 5.41) is 9.68. The molecule has 3 fully saturated rings. The van der Waals surface area contributed by atoms with Gasteiger partial charge in [0.25, 0.3) is 0 Å². The highest BCUT2D eigenvalue weighted by atomic mass is 16.2. The monoisotopic (exact) mass is 240 g/mol. The van der Waals surface area contributed by atoms with Crippen LogP contribution in [0.4, 0.5) is 0 Å². The van der Waals surface area contributed by atoms with Crippen molar-refractivity contribution >= 4 is 5.91 Å². The lowest BCUT2D eigenvalue weighted by atomic mass is 10.3. The lowest BCUT2D eigenvalue weighted by Gasteiger charge is -2.27. The number of hydrogen-bond donors (Lipinski definition) is 3. The second-order valence-corrected chi connectivity index (χ2v) is 4.85. The van der Waals surface area contributed by atoms with E-state index in [4.69, 9.17) is 0 Å². The zero-order valence-electron chi connectivity index (χ0n) is 10.5. The Labute approximate surface area is 103 Å². The van der Waals surface area contributed by atoms with Gasteiger partial charge in [0, 0.05) is 58.3 Å². The Bertz CT molecular complexity index is 221. The summed E-state index contributed by atoms with van der Waals surface area (Å²) in [7, 11) is 0. The van der Waals surface area contributed by atoms with Gasteiger partial charge in [-0.25, -0.2) is 0 Å². The third kappa shape index (κ3) is 4.61. The van der Waals surface area contributed by atoms with E-state index in [9.17, 15) is 4.79 Å². The molecule has 98 valence electrons. The van der Waals surface area contributed by atoms with E-state index in [1.807, 2.05) is 4.90 Å². The molecule has 1 amide bonds. The number of carbonyl (C=O) groups is 1. The van der Waals surface area contributed by atoms with E-state index in [0.717, 1.165) is 65.2 Å². The Morgan fingerprint density at radius 2 is 1.29 bits per heavy atom. The van der Waals surface area contributed by atoms with Gasteiger partial charge in [0.15, 0.2) is 0 Å². The second kappa shape index (κ2) is 6.93. The molecule has 5 heteroatoms. The van der Waals surface area contributed by atoms with Crippen molar-refractivity contribution in [1.82, 2.24) is 20.9 Å². The molecule has 1 aliphatic carbocycles. The zero-order chi connectivity index (χ0) is 11.9. The quantitative estimate of drug-likeness (QED) is 0.551. The fourth-order valence-electron chi connectivity index (χ4n) is 2.08. The molecule has 2 heterocycles. The topological polar surface area (TPSA) is 56.4 Å². The first kappa shape index (κ1) is 12.8.